The molecule has 1 atom stereocenters. The molecule has 1 saturated carbocycles. The predicted octanol–water partition coefficient (Wildman–Crippen LogP) is 6.78. The largest absolute Gasteiger partial charge is 0.506 e. The average Bonchev–Trinajstić information content (AvgIpc) is 3.75. The number of phenols is 1. The summed E-state index contributed by atoms with van der Waals surface area (Å²) >= 11 is 1.52. The van der Waals surface area contributed by atoms with Crippen molar-refractivity contribution in [2.75, 3.05) is 36.8 Å². The van der Waals surface area contributed by atoms with Crippen LogP contribution in [-0.2, 0) is 21.4 Å². The van der Waals surface area contributed by atoms with Gasteiger partial charge >= 0.3 is 6.18 Å². The fourth-order valence-electron chi connectivity index (χ4n) is 9.22. The SMILES string of the molecule is CC(C)(O)c1cc2nc(C3CCC(CN4CCC(CCNc5c(O)ccc6c5C(=O)N(C5CCC(=O)NC5=O)C6=O)CC4)CC3)sc2cc1NC(=O)c1cccc(C(F)(F)F)n1. The van der Waals surface area contributed by atoms with Gasteiger partial charge in [0.25, 0.3) is 17.7 Å². The maximum absolute atomic E-state index is 13.5. The van der Waals surface area contributed by atoms with Gasteiger partial charge in [-0.1, -0.05) is 6.07 Å². The number of fused-ring (bicyclic) bond motifs is 2. The summed E-state index contributed by atoms with van der Waals surface area (Å²) < 4.78 is 40.6. The average molecular weight is 876 g/mol. The molecule has 8 rings (SSSR count). The van der Waals surface area contributed by atoms with E-state index in [9.17, 15) is 47.4 Å². The number of thiazole rings is 1. The molecule has 1 unspecified atom stereocenters. The molecule has 3 aliphatic heterocycles. The number of anilines is 2. The Bertz CT molecular complexity index is 2430. The Morgan fingerprint density at radius 3 is 2.37 bits per heavy atom. The first kappa shape index (κ1) is 43.2. The maximum atomic E-state index is 13.5. The third kappa shape index (κ3) is 8.90. The van der Waals surface area contributed by atoms with E-state index in [2.05, 4.69) is 25.8 Å². The lowest BCUT2D eigenvalue weighted by Crippen LogP contribution is -2.54. The van der Waals surface area contributed by atoms with E-state index in [0.29, 0.717) is 29.5 Å². The smallest absolute Gasteiger partial charge is 0.433 e. The van der Waals surface area contributed by atoms with E-state index in [1.165, 1.54) is 29.5 Å². The number of imide groups is 2. The van der Waals surface area contributed by atoms with Gasteiger partial charge in [-0.2, -0.15) is 13.2 Å². The molecule has 5 amide bonds. The van der Waals surface area contributed by atoms with Gasteiger partial charge in [-0.3, -0.25) is 34.2 Å². The second-order valence-electron chi connectivity index (χ2n) is 17.3. The van der Waals surface area contributed by atoms with Crippen LogP contribution < -0.4 is 16.0 Å². The van der Waals surface area contributed by atoms with Gasteiger partial charge in [0.2, 0.25) is 11.8 Å². The number of alkyl halides is 3. The molecule has 14 nitrogen and oxygen atoms in total. The van der Waals surface area contributed by atoms with E-state index < -0.39 is 58.7 Å². The second kappa shape index (κ2) is 17.0. The van der Waals surface area contributed by atoms with Crippen LogP contribution in [0, 0.1) is 11.8 Å². The van der Waals surface area contributed by atoms with Crippen LogP contribution in [0.15, 0.2) is 42.5 Å². The Kier molecular flexibility index (Phi) is 11.9. The summed E-state index contributed by atoms with van der Waals surface area (Å²) in [4.78, 5) is 75.8. The van der Waals surface area contributed by atoms with Crippen LogP contribution in [0.4, 0.5) is 24.5 Å². The molecule has 0 radical (unpaired) electrons. The molecule has 3 fully saturated rings. The molecule has 2 aromatic carbocycles. The number of carbonyl (C=O) groups excluding carboxylic acids is 5. The number of nitrogens with one attached hydrogen (secondary N) is 3. The van der Waals surface area contributed by atoms with Crippen molar-refractivity contribution < 1.29 is 47.4 Å². The van der Waals surface area contributed by atoms with Crippen molar-refractivity contribution in [3.8, 4) is 5.75 Å². The fraction of sp³-hybridized carbons (Fsp3) is 0.477. The fourth-order valence-corrected chi connectivity index (χ4v) is 10.4. The number of hydrogen-bond acceptors (Lipinski definition) is 12. The zero-order valence-corrected chi connectivity index (χ0v) is 35.1. The molecular formula is C44H48F3N7O7S. The zero-order valence-electron chi connectivity index (χ0n) is 34.3. The molecule has 5 heterocycles. The van der Waals surface area contributed by atoms with Gasteiger partial charge in [-0.15, -0.1) is 11.3 Å². The first-order valence-corrected chi connectivity index (χ1v) is 21.8. The lowest BCUT2D eigenvalue weighted by atomic mass is 9.81. The van der Waals surface area contributed by atoms with Crippen molar-refractivity contribution in [1.29, 1.82) is 0 Å². The zero-order chi connectivity index (χ0) is 44.1. The third-order valence-electron chi connectivity index (χ3n) is 12.6. The maximum Gasteiger partial charge on any atom is 0.433 e. The molecule has 18 heteroatoms. The van der Waals surface area contributed by atoms with Crippen LogP contribution >= 0.6 is 11.3 Å². The number of aromatic hydroxyl groups is 1. The van der Waals surface area contributed by atoms with Crippen LogP contribution in [-0.4, -0.2) is 91.7 Å². The minimum Gasteiger partial charge on any atom is -0.506 e. The number of rotatable bonds is 11. The molecule has 5 N–H and O–H groups in total. The van der Waals surface area contributed by atoms with Crippen molar-refractivity contribution >= 4 is 62.5 Å². The Hall–Kier alpha value is -5.46. The summed E-state index contributed by atoms with van der Waals surface area (Å²) in [5, 5.41) is 30.8. The van der Waals surface area contributed by atoms with Gasteiger partial charge in [0.1, 0.15) is 23.2 Å². The van der Waals surface area contributed by atoms with E-state index >= 15 is 0 Å². The van der Waals surface area contributed by atoms with E-state index in [1.807, 2.05) is 0 Å². The molecule has 0 bridgehead atoms. The Balaban J connectivity index is 0.819. The quantitative estimate of drug-likeness (QED) is 0.0788. The highest BCUT2D eigenvalue weighted by molar-refractivity contribution is 7.18. The van der Waals surface area contributed by atoms with Crippen LogP contribution in [0.25, 0.3) is 10.2 Å². The van der Waals surface area contributed by atoms with E-state index in [0.717, 1.165) is 91.3 Å². The molecule has 2 saturated heterocycles. The van der Waals surface area contributed by atoms with Gasteiger partial charge in [0.05, 0.1) is 37.6 Å². The summed E-state index contributed by atoms with van der Waals surface area (Å²) in [5.74, 6) is -2.16. The van der Waals surface area contributed by atoms with E-state index in [1.54, 1.807) is 26.0 Å². The highest BCUT2D eigenvalue weighted by Crippen LogP contribution is 2.42. The van der Waals surface area contributed by atoms with Gasteiger partial charge in [0.15, 0.2) is 0 Å². The van der Waals surface area contributed by atoms with Crippen LogP contribution in [0.1, 0.15) is 125 Å². The molecular weight excluding hydrogens is 828 g/mol. The van der Waals surface area contributed by atoms with Crippen LogP contribution in [0.3, 0.4) is 0 Å². The second-order valence-corrected chi connectivity index (χ2v) is 18.4. The van der Waals surface area contributed by atoms with E-state index in [-0.39, 0.29) is 47.0 Å². The molecule has 62 heavy (non-hydrogen) atoms. The molecule has 0 spiro atoms. The highest BCUT2D eigenvalue weighted by Gasteiger charge is 2.46. The summed E-state index contributed by atoms with van der Waals surface area (Å²) in [6.07, 6.45) is 2.25. The summed E-state index contributed by atoms with van der Waals surface area (Å²) in [6, 6.07) is 8.26. The molecule has 2 aromatic heterocycles. The number of piperidine rings is 2. The van der Waals surface area contributed by atoms with Gasteiger partial charge in [-0.05, 0) is 127 Å². The molecule has 1 aliphatic carbocycles. The number of phenolic OH excluding ortho intramolecular Hbond substituents is 1. The van der Waals surface area contributed by atoms with Gasteiger partial charge in [-0.25, -0.2) is 9.97 Å². The number of aromatic nitrogens is 2. The number of carbonyl (C=O) groups is 5. The van der Waals surface area contributed by atoms with E-state index in [4.69, 9.17) is 4.98 Å². The topological polar surface area (TPSA) is 194 Å². The Morgan fingerprint density at radius 2 is 1.68 bits per heavy atom. The number of halogens is 3. The summed E-state index contributed by atoms with van der Waals surface area (Å²) in [5.41, 5.74) is -1.26. The minimum atomic E-state index is -4.70. The molecule has 4 aliphatic rings. The van der Waals surface area contributed by atoms with Crippen LogP contribution in [0.2, 0.25) is 0 Å². The predicted molar refractivity (Wildman–Crippen MR) is 224 cm³/mol. The number of nitrogens with zero attached hydrogens (tertiary/aromatic N) is 4. The first-order valence-electron chi connectivity index (χ1n) is 21.0. The number of hydrogen-bond donors (Lipinski definition) is 5. The molecule has 328 valence electrons. The van der Waals surface area contributed by atoms with Gasteiger partial charge < -0.3 is 25.7 Å². The lowest BCUT2D eigenvalue weighted by Gasteiger charge is -2.36. The monoisotopic (exact) mass is 875 g/mol. The summed E-state index contributed by atoms with van der Waals surface area (Å²) in [7, 11) is 0. The Labute approximate surface area is 359 Å². The number of pyridine rings is 1. The number of likely N-dealkylation sites (tertiary alicyclic amines) is 1. The van der Waals surface area contributed by atoms with Gasteiger partial charge in [0, 0.05) is 36.7 Å². The minimum absolute atomic E-state index is 0.0206. The summed E-state index contributed by atoms with van der Waals surface area (Å²) in [6.45, 7) is 6.57. The first-order chi connectivity index (χ1) is 29.4. The lowest BCUT2D eigenvalue weighted by molar-refractivity contribution is -0.141. The van der Waals surface area contributed by atoms with Crippen molar-refractivity contribution in [3.63, 3.8) is 0 Å². The Morgan fingerprint density at radius 1 is 0.935 bits per heavy atom. The normalized spacial score (nSPS) is 21.6. The standard InChI is InChI=1S/C44H48F3N7O7S/c1-43(2,61)27-20-30-33(21-29(27)50-38(57)28-4-3-5-34(49-28)44(45,46)47)62-40(51-30)25-8-6-24(7-9-25)22-53-18-15-23(16-19-53)14-17-48-37-32(55)12-10-26-36(37)42(60)54(41(26)59)31-11-13-35(56)52-39(31)58/h3-5,10,12,20-21,23-25,31,48,55,61H,6-9,11,13-19,22H2,1-2H3,(H,50,57)(H,52,56,58). The molecule has 4 aromatic rings. The number of benzene rings is 2. The highest BCUT2D eigenvalue weighted by atomic mass is 32.1. The number of amides is 5. The van der Waals surface area contributed by atoms with Crippen molar-refractivity contribution in [2.24, 2.45) is 11.8 Å². The van der Waals surface area contributed by atoms with Crippen molar-refractivity contribution in [1.82, 2.24) is 25.1 Å². The van der Waals surface area contributed by atoms with Crippen molar-refractivity contribution in [3.05, 3.63) is 75.6 Å². The van der Waals surface area contributed by atoms with Crippen molar-refractivity contribution in [2.45, 2.75) is 95.4 Å². The number of aliphatic hydroxyl groups is 1. The van der Waals surface area contributed by atoms with Crippen LogP contribution in [0.5, 0.6) is 5.75 Å². The third-order valence-corrected chi connectivity index (χ3v) is 13.8.